The molecule has 1 unspecified atom stereocenters. The highest BCUT2D eigenvalue weighted by atomic mass is 16.5. The maximum absolute atomic E-state index is 6.63. The minimum absolute atomic E-state index is 0.0396. The number of rotatable bonds is 4. The van der Waals surface area contributed by atoms with Crippen LogP contribution in [0.2, 0.25) is 0 Å². The van der Waals surface area contributed by atoms with Crippen LogP contribution in [0.4, 0.5) is 0 Å². The van der Waals surface area contributed by atoms with Crippen molar-refractivity contribution in [1.29, 1.82) is 0 Å². The molecule has 244 valence electrons. The van der Waals surface area contributed by atoms with Gasteiger partial charge >= 0.3 is 0 Å². The molecule has 2 aliphatic rings. The van der Waals surface area contributed by atoms with E-state index in [0.29, 0.717) is 5.82 Å². The number of hydrogen-bond acceptors (Lipinski definition) is 4. The number of para-hydroxylation sites is 1. The van der Waals surface area contributed by atoms with Crippen molar-refractivity contribution in [2.75, 3.05) is 0 Å². The molecule has 2 aromatic heterocycles. The SMILES string of the molecule is C1=C(c2cc(-c3ccccc3)nc(-c3cc4c5cc(-c6ccc7ccccc7c6)ccc5oc4c4ccccc34)n2)CC2Oc3ccccc3C2=C1. The monoisotopic (exact) mass is 666 g/mol. The van der Waals surface area contributed by atoms with Gasteiger partial charge in [-0.1, -0.05) is 127 Å². The largest absolute Gasteiger partial charge is 0.485 e. The van der Waals surface area contributed by atoms with Crippen LogP contribution in [0.15, 0.2) is 168 Å². The first-order valence-electron chi connectivity index (χ1n) is 17.7. The van der Waals surface area contributed by atoms with Gasteiger partial charge in [-0.3, -0.25) is 0 Å². The van der Waals surface area contributed by atoms with Crippen molar-refractivity contribution >= 4 is 54.6 Å². The first kappa shape index (κ1) is 29.0. The Bertz CT molecular complexity index is 2970. The smallest absolute Gasteiger partial charge is 0.161 e. The lowest BCUT2D eigenvalue weighted by Gasteiger charge is -2.19. The molecule has 4 nitrogen and oxygen atoms in total. The predicted octanol–water partition coefficient (Wildman–Crippen LogP) is 12.3. The van der Waals surface area contributed by atoms with E-state index in [9.17, 15) is 0 Å². The number of aromatic nitrogens is 2. The van der Waals surface area contributed by atoms with Gasteiger partial charge in [0.15, 0.2) is 5.82 Å². The van der Waals surface area contributed by atoms with E-state index in [-0.39, 0.29) is 6.10 Å². The Morgan fingerprint density at radius 1 is 0.500 bits per heavy atom. The third kappa shape index (κ3) is 4.61. The molecule has 0 N–H and O–H groups in total. The van der Waals surface area contributed by atoms with Gasteiger partial charge in [0.2, 0.25) is 0 Å². The number of benzene rings is 7. The highest BCUT2D eigenvalue weighted by Crippen LogP contribution is 2.45. The molecule has 0 fully saturated rings. The summed E-state index contributed by atoms with van der Waals surface area (Å²) >= 11 is 0. The average Bonchev–Trinajstić information content (AvgIpc) is 3.78. The van der Waals surface area contributed by atoms with Crippen molar-refractivity contribution in [3.05, 3.63) is 175 Å². The summed E-state index contributed by atoms with van der Waals surface area (Å²) in [5.74, 6) is 1.62. The normalized spacial score (nSPS) is 15.0. The van der Waals surface area contributed by atoms with E-state index < -0.39 is 0 Å². The summed E-state index contributed by atoms with van der Waals surface area (Å²) in [5.41, 5.74) is 11.4. The van der Waals surface area contributed by atoms with Crippen LogP contribution in [0.3, 0.4) is 0 Å². The van der Waals surface area contributed by atoms with Crippen molar-refractivity contribution in [2.45, 2.75) is 12.5 Å². The highest BCUT2D eigenvalue weighted by Gasteiger charge is 2.31. The van der Waals surface area contributed by atoms with Gasteiger partial charge in [-0.05, 0) is 69.3 Å². The highest BCUT2D eigenvalue weighted by molar-refractivity contribution is 6.19. The lowest BCUT2D eigenvalue weighted by molar-refractivity contribution is 0.281. The van der Waals surface area contributed by atoms with Gasteiger partial charge in [-0.2, -0.15) is 0 Å². The van der Waals surface area contributed by atoms with Crippen LogP contribution in [0.1, 0.15) is 17.7 Å². The molecule has 0 amide bonds. The molecule has 1 aliphatic heterocycles. The van der Waals surface area contributed by atoms with Crippen LogP contribution in [-0.2, 0) is 0 Å². The fourth-order valence-corrected chi connectivity index (χ4v) is 8.02. The Morgan fingerprint density at radius 3 is 2.17 bits per heavy atom. The number of ether oxygens (including phenoxy) is 1. The summed E-state index contributed by atoms with van der Waals surface area (Å²) in [6, 6.07) is 53.1. The van der Waals surface area contributed by atoms with Gasteiger partial charge in [-0.25, -0.2) is 9.97 Å². The second-order valence-electron chi connectivity index (χ2n) is 13.7. The summed E-state index contributed by atoms with van der Waals surface area (Å²) in [7, 11) is 0. The predicted molar refractivity (Wildman–Crippen MR) is 212 cm³/mol. The zero-order valence-electron chi connectivity index (χ0n) is 28.1. The van der Waals surface area contributed by atoms with Crippen LogP contribution in [0.5, 0.6) is 5.75 Å². The van der Waals surface area contributed by atoms with E-state index in [1.165, 1.54) is 27.5 Å². The number of furan rings is 1. The second-order valence-corrected chi connectivity index (χ2v) is 13.7. The third-order valence-corrected chi connectivity index (χ3v) is 10.6. The Labute approximate surface area is 300 Å². The fraction of sp³-hybridized carbons (Fsp3) is 0.0417. The van der Waals surface area contributed by atoms with E-state index in [1.807, 2.05) is 12.1 Å². The average molecular weight is 667 g/mol. The van der Waals surface area contributed by atoms with E-state index in [4.69, 9.17) is 19.1 Å². The molecule has 52 heavy (non-hydrogen) atoms. The van der Waals surface area contributed by atoms with Gasteiger partial charge in [-0.15, -0.1) is 0 Å². The van der Waals surface area contributed by atoms with Gasteiger partial charge in [0.05, 0.1) is 11.4 Å². The zero-order valence-corrected chi connectivity index (χ0v) is 28.1. The third-order valence-electron chi connectivity index (χ3n) is 10.6. The Morgan fingerprint density at radius 2 is 1.25 bits per heavy atom. The minimum Gasteiger partial charge on any atom is -0.485 e. The van der Waals surface area contributed by atoms with E-state index >= 15 is 0 Å². The second kappa shape index (κ2) is 11.4. The molecule has 11 rings (SSSR count). The molecule has 7 aromatic carbocycles. The minimum atomic E-state index is -0.0396. The van der Waals surface area contributed by atoms with E-state index in [2.05, 4.69) is 152 Å². The summed E-state index contributed by atoms with van der Waals surface area (Å²) in [6.45, 7) is 0. The first-order chi connectivity index (χ1) is 25.7. The van der Waals surface area contributed by atoms with Gasteiger partial charge in [0, 0.05) is 44.8 Å². The van der Waals surface area contributed by atoms with Crippen molar-refractivity contribution in [3.8, 4) is 39.5 Å². The molecular weight excluding hydrogens is 637 g/mol. The van der Waals surface area contributed by atoms with Crippen molar-refractivity contribution in [1.82, 2.24) is 9.97 Å². The van der Waals surface area contributed by atoms with Gasteiger partial charge in [0.25, 0.3) is 0 Å². The number of hydrogen-bond donors (Lipinski definition) is 0. The molecule has 1 atom stereocenters. The first-order valence-corrected chi connectivity index (χ1v) is 17.7. The van der Waals surface area contributed by atoms with E-state index in [0.717, 1.165) is 78.5 Å². The molecule has 0 bridgehead atoms. The van der Waals surface area contributed by atoms with Crippen molar-refractivity contribution < 1.29 is 9.15 Å². The summed E-state index contributed by atoms with van der Waals surface area (Å²) < 4.78 is 13.1. The molecule has 3 heterocycles. The maximum Gasteiger partial charge on any atom is 0.161 e. The maximum atomic E-state index is 6.63. The van der Waals surface area contributed by atoms with Crippen LogP contribution in [-0.4, -0.2) is 16.1 Å². The number of fused-ring (bicyclic) bond motifs is 9. The molecule has 4 heteroatoms. The van der Waals surface area contributed by atoms with Crippen molar-refractivity contribution in [3.63, 3.8) is 0 Å². The van der Waals surface area contributed by atoms with Crippen LogP contribution in [0.25, 0.3) is 88.4 Å². The van der Waals surface area contributed by atoms with Crippen LogP contribution < -0.4 is 4.74 Å². The van der Waals surface area contributed by atoms with Crippen LogP contribution in [0, 0.1) is 0 Å². The topological polar surface area (TPSA) is 48.2 Å². The Kier molecular flexibility index (Phi) is 6.34. The Balaban J connectivity index is 1.11. The molecular formula is C48H30N2O2. The number of allylic oxidation sites excluding steroid dienone is 2. The fourth-order valence-electron chi connectivity index (χ4n) is 8.02. The standard InChI is InChI=1S/C48H30N2O2/c1-2-11-30(12-3-1)42-28-43(34-20-22-37-36-15-8-9-17-44(36)51-46(37)26-34)50-48(49-42)41-27-40-39-25-33(32-19-18-29-10-4-5-13-31(29)24-32)21-23-45(39)52-47(40)38-16-7-6-14-35(38)41/h1-25,27-28,46H,26H2. The quantitative estimate of drug-likeness (QED) is 0.188. The van der Waals surface area contributed by atoms with E-state index in [1.54, 1.807) is 0 Å². The number of nitrogens with zero attached hydrogens (tertiary/aromatic N) is 2. The molecule has 0 spiro atoms. The summed E-state index contributed by atoms with van der Waals surface area (Å²) in [4.78, 5) is 10.6. The lowest BCUT2D eigenvalue weighted by atomic mass is 9.90. The molecule has 0 radical (unpaired) electrons. The summed E-state index contributed by atoms with van der Waals surface area (Å²) in [5, 5.41) is 6.65. The zero-order chi connectivity index (χ0) is 34.2. The van der Waals surface area contributed by atoms with Gasteiger partial charge < -0.3 is 9.15 Å². The summed E-state index contributed by atoms with van der Waals surface area (Å²) in [6.07, 6.45) is 5.10. The lowest BCUT2D eigenvalue weighted by Crippen LogP contribution is -2.15. The molecule has 1 aliphatic carbocycles. The van der Waals surface area contributed by atoms with Crippen LogP contribution >= 0.6 is 0 Å². The molecule has 0 saturated carbocycles. The molecule has 0 saturated heterocycles. The molecule has 9 aromatic rings. The van der Waals surface area contributed by atoms with Gasteiger partial charge in [0.1, 0.15) is 23.0 Å². The van der Waals surface area contributed by atoms with Crippen molar-refractivity contribution in [2.24, 2.45) is 0 Å². The Hall–Kier alpha value is -6.78.